The van der Waals surface area contributed by atoms with Gasteiger partial charge in [-0.05, 0) is 17.7 Å². The highest BCUT2D eigenvalue weighted by Gasteiger charge is 2.43. The van der Waals surface area contributed by atoms with Gasteiger partial charge in [0.05, 0.1) is 30.2 Å². The predicted octanol–water partition coefficient (Wildman–Crippen LogP) is 2.75. The number of carboxylic acids is 1. The van der Waals surface area contributed by atoms with Crippen molar-refractivity contribution in [3.05, 3.63) is 83.7 Å². The summed E-state index contributed by atoms with van der Waals surface area (Å²) in [7, 11) is 0. The van der Waals surface area contributed by atoms with Crippen molar-refractivity contribution in [3.8, 4) is 5.69 Å². The normalized spacial score (nSPS) is 18.1. The fraction of sp³-hybridized carbons (Fsp3) is 0.190. The number of hydrogen-bond acceptors (Lipinski definition) is 5. The van der Waals surface area contributed by atoms with Gasteiger partial charge in [0.1, 0.15) is 0 Å². The summed E-state index contributed by atoms with van der Waals surface area (Å²) in [6, 6.07) is 16.5. The van der Waals surface area contributed by atoms with E-state index < -0.39 is 24.1 Å². The van der Waals surface area contributed by atoms with Crippen LogP contribution >= 0.6 is 0 Å². The van der Waals surface area contributed by atoms with E-state index in [1.165, 1.54) is 4.68 Å². The lowest BCUT2D eigenvalue weighted by Crippen LogP contribution is -2.48. The first-order valence-corrected chi connectivity index (χ1v) is 9.33. The van der Waals surface area contributed by atoms with Crippen molar-refractivity contribution in [3.63, 3.8) is 0 Å². The number of nitrogens with zero attached hydrogens (tertiary/aromatic N) is 3. The number of aromatic nitrogens is 2. The zero-order valence-electron chi connectivity index (χ0n) is 15.9. The molecule has 30 heavy (non-hydrogen) atoms. The molecule has 0 saturated carbocycles. The largest absolute Gasteiger partial charge is 0.479 e. The molecule has 0 saturated heterocycles. The van der Waals surface area contributed by atoms with Gasteiger partial charge in [-0.1, -0.05) is 48.5 Å². The molecule has 2 unspecified atom stereocenters. The third-order valence-electron chi connectivity index (χ3n) is 4.95. The Labute approximate surface area is 172 Å². The molecule has 0 bridgehead atoms. The van der Waals surface area contributed by atoms with Crippen molar-refractivity contribution in [1.29, 1.82) is 0 Å². The van der Waals surface area contributed by atoms with Crippen LogP contribution in [-0.2, 0) is 16.2 Å². The predicted molar refractivity (Wildman–Crippen MR) is 106 cm³/mol. The van der Waals surface area contributed by atoms with Gasteiger partial charge in [0.15, 0.2) is 6.04 Å². The van der Waals surface area contributed by atoms with E-state index in [-0.39, 0.29) is 18.8 Å². The van der Waals surface area contributed by atoms with E-state index in [2.05, 4.69) is 10.6 Å². The Hall–Kier alpha value is -3.69. The molecule has 0 radical (unpaired) electrons. The summed E-state index contributed by atoms with van der Waals surface area (Å²) in [6.07, 6.45) is 0.227. The van der Waals surface area contributed by atoms with Crippen LogP contribution in [0.5, 0.6) is 0 Å². The first-order valence-electron chi connectivity index (χ1n) is 9.33. The van der Waals surface area contributed by atoms with Gasteiger partial charge in [0.25, 0.3) is 0 Å². The van der Waals surface area contributed by atoms with Crippen molar-refractivity contribution in [2.45, 2.75) is 18.7 Å². The Morgan fingerprint density at radius 3 is 2.37 bits per heavy atom. The Morgan fingerprint density at radius 2 is 1.73 bits per heavy atom. The fourth-order valence-corrected chi connectivity index (χ4v) is 3.58. The van der Waals surface area contributed by atoms with E-state index in [4.69, 9.17) is 4.84 Å². The number of nitrogens with one attached hydrogen (secondary N) is 1. The molecule has 2 heterocycles. The molecule has 3 aromatic rings. The second-order valence-electron chi connectivity index (χ2n) is 6.85. The van der Waals surface area contributed by atoms with E-state index in [9.17, 15) is 19.8 Å². The molecule has 2 atom stereocenters. The molecule has 9 heteroatoms. The van der Waals surface area contributed by atoms with Crippen LogP contribution < -0.4 is 5.48 Å². The molecule has 154 valence electrons. The summed E-state index contributed by atoms with van der Waals surface area (Å²) >= 11 is 0. The SMILES string of the molecule is O=C(O)C1c2c(cnn2-c2ccccc2)C(NOCc2ccccc2)CN1C(=O)O. The molecule has 9 nitrogen and oxygen atoms in total. The van der Waals surface area contributed by atoms with Gasteiger partial charge in [0, 0.05) is 12.1 Å². The smallest absolute Gasteiger partial charge is 0.408 e. The van der Waals surface area contributed by atoms with Crippen LogP contribution in [0.15, 0.2) is 66.9 Å². The number of benzene rings is 2. The average Bonchev–Trinajstić information content (AvgIpc) is 3.19. The van der Waals surface area contributed by atoms with E-state index >= 15 is 0 Å². The molecular formula is C21H20N4O5. The molecule has 3 N–H and O–H groups in total. The van der Waals surface area contributed by atoms with Gasteiger partial charge < -0.3 is 10.2 Å². The van der Waals surface area contributed by atoms with Crippen molar-refractivity contribution in [2.75, 3.05) is 6.54 Å². The summed E-state index contributed by atoms with van der Waals surface area (Å²) in [6.45, 7) is 0.184. The van der Waals surface area contributed by atoms with Crippen LogP contribution in [0.3, 0.4) is 0 Å². The van der Waals surface area contributed by atoms with Crippen molar-refractivity contribution < 1.29 is 24.6 Å². The summed E-state index contributed by atoms with van der Waals surface area (Å²) in [5.41, 5.74) is 5.33. The van der Waals surface area contributed by atoms with Crippen molar-refractivity contribution in [1.82, 2.24) is 20.2 Å². The summed E-state index contributed by atoms with van der Waals surface area (Å²) < 4.78 is 1.47. The molecule has 0 spiro atoms. The maximum absolute atomic E-state index is 12.0. The van der Waals surface area contributed by atoms with Gasteiger partial charge in [-0.3, -0.25) is 9.74 Å². The van der Waals surface area contributed by atoms with Gasteiger partial charge in [-0.25, -0.2) is 14.3 Å². The molecular weight excluding hydrogens is 388 g/mol. The fourth-order valence-electron chi connectivity index (χ4n) is 3.58. The Morgan fingerprint density at radius 1 is 1.07 bits per heavy atom. The maximum Gasteiger partial charge on any atom is 0.408 e. The summed E-state index contributed by atoms with van der Waals surface area (Å²) in [5.74, 6) is -1.26. The van der Waals surface area contributed by atoms with Crippen LogP contribution in [0.25, 0.3) is 5.69 Å². The molecule has 1 aromatic heterocycles. The van der Waals surface area contributed by atoms with Gasteiger partial charge in [-0.15, -0.1) is 0 Å². The number of amides is 1. The molecule has 4 rings (SSSR count). The second kappa shape index (κ2) is 8.36. The monoisotopic (exact) mass is 408 g/mol. The number of fused-ring (bicyclic) bond motifs is 1. The Kier molecular flexibility index (Phi) is 5.46. The highest BCUT2D eigenvalue weighted by Crippen LogP contribution is 2.36. The maximum atomic E-state index is 12.0. The van der Waals surface area contributed by atoms with Crippen LogP contribution in [0.1, 0.15) is 28.9 Å². The minimum absolute atomic E-state index is 0.0887. The minimum Gasteiger partial charge on any atom is -0.479 e. The molecule has 1 aliphatic heterocycles. The zero-order valence-corrected chi connectivity index (χ0v) is 15.9. The third-order valence-corrected chi connectivity index (χ3v) is 4.95. The number of carbonyl (C=O) groups is 2. The number of hydroxylamine groups is 1. The molecule has 0 aliphatic carbocycles. The van der Waals surface area contributed by atoms with E-state index in [0.717, 1.165) is 10.5 Å². The van der Waals surface area contributed by atoms with Crippen LogP contribution in [0, 0.1) is 0 Å². The number of para-hydroxylation sites is 1. The van der Waals surface area contributed by atoms with E-state index in [1.807, 2.05) is 36.4 Å². The van der Waals surface area contributed by atoms with Gasteiger partial charge >= 0.3 is 12.1 Å². The van der Waals surface area contributed by atoms with Crippen molar-refractivity contribution in [2.24, 2.45) is 0 Å². The quantitative estimate of drug-likeness (QED) is 0.537. The lowest BCUT2D eigenvalue weighted by molar-refractivity contribution is -0.144. The lowest BCUT2D eigenvalue weighted by atomic mass is 9.96. The van der Waals surface area contributed by atoms with Gasteiger partial charge in [-0.2, -0.15) is 10.6 Å². The summed E-state index contributed by atoms with van der Waals surface area (Å²) in [5, 5.41) is 23.8. The minimum atomic E-state index is -1.38. The van der Waals surface area contributed by atoms with Crippen molar-refractivity contribution >= 4 is 12.1 Å². The van der Waals surface area contributed by atoms with Crippen LogP contribution in [-0.4, -0.2) is 43.5 Å². The van der Waals surface area contributed by atoms with E-state index in [0.29, 0.717) is 11.3 Å². The lowest BCUT2D eigenvalue weighted by Gasteiger charge is -2.36. The highest BCUT2D eigenvalue weighted by atomic mass is 16.6. The number of aliphatic carboxylic acids is 1. The Bertz CT molecular complexity index is 1040. The second-order valence-corrected chi connectivity index (χ2v) is 6.85. The first-order chi connectivity index (χ1) is 14.6. The molecule has 1 aliphatic rings. The number of rotatable bonds is 6. The number of carboxylic acid groups (broad SMARTS) is 2. The summed E-state index contributed by atoms with van der Waals surface area (Å²) in [4.78, 5) is 30.4. The first kappa shape index (κ1) is 19.6. The Balaban J connectivity index is 1.68. The molecule has 1 amide bonds. The zero-order chi connectivity index (χ0) is 21.1. The standard InChI is InChI=1S/C21H20N4O5/c26-20(27)19-18-16(11-22-25(18)15-9-5-2-6-10-15)17(12-24(19)21(28)29)23-30-13-14-7-3-1-4-8-14/h1-11,17,19,23H,12-13H2,(H,26,27)(H,28,29). The highest BCUT2D eigenvalue weighted by molar-refractivity contribution is 5.82. The molecule has 0 fully saturated rings. The number of hydrogen-bond donors (Lipinski definition) is 3. The third kappa shape index (κ3) is 3.76. The van der Waals surface area contributed by atoms with Crippen LogP contribution in [0.2, 0.25) is 0 Å². The van der Waals surface area contributed by atoms with E-state index in [1.54, 1.807) is 30.5 Å². The topological polar surface area (TPSA) is 117 Å². The molecule has 2 aromatic carbocycles. The van der Waals surface area contributed by atoms with Gasteiger partial charge in [0.2, 0.25) is 0 Å². The van der Waals surface area contributed by atoms with Crippen LogP contribution in [0.4, 0.5) is 4.79 Å². The average molecular weight is 408 g/mol.